The summed E-state index contributed by atoms with van der Waals surface area (Å²) in [6.45, 7) is 3.04. The number of likely N-dealkylation sites (tertiary alicyclic amines) is 1. The van der Waals surface area contributed by atoms with Gasteiger partial charge in [-0.2, -0.15) is 0 Å². The largest absolute Gasteiger partial charge is 0.382 e. The van der Waals surface area contributed by atoms with Gasteiger partial charge in [-0.05, 0) is 12.8 Å². The van der Waals surface area contributed by atoms with Crippen LogP contribution in [0.4, 0.5) is 5.82 Å². The van der Waals surface area contributed by atoms with E-state index in [1.54, 1.807) is 17.4 Å². The Morgan fingerprint density at radius 1 is 1.21 bits per heavy atom. The molecule has 2 aromatic rings. The first-order chi connectivity index (χ1) is 16.0. The van der Waals surface area contributed by atoms with Gasteiger partial charge in [0.15, 0.2) is 5.82 Å². The number of rotatable bonds is 12. The third kappa shape index (κ3) is 7.05. The number of H-pyrrole nitrogens is 1. The number of amides is 3. The predicted molar refractivity (Wildman–Crippen MR) is 119 cm³/mol. The van der Waals surface area contributed by atoms with Gasteiger partial charge in [-0.15, -0.1) is 11.3 Å². The van der Waals surface area contributed by atoms with Gasteiger partial charge in [-0.1, -0.05) is 0 Å². The molecular weight excluding hydrogens is 452 g/mol. The molecule has 0 radical (unpaired) electrons. The number of methoxy groups -OCH3 is 1. The fraction of sp³-hybridized carbons (Fsp3) is 0.550. The molecule has 1 aliphatic heterocycles. The van der Waals surface area contributed by atoms with Gasteiger partial charge in [0.1, 0.15) is 18.0 Å². The second-order valence-corrected chi connectivity index (χ2v) is 8.22. The van der Waals surface area contributed by atoms with Crippen LogP contribution in [-0.2, 0) is 19.0 Å². The molecule has 0 aromatic carbocycles. The molecule has 0 saturated carbocycles. The second-order valence-electron chi connectivity index (χ2n) is 7.33. The van der Waals surface area contributed by atoms with Crippen molar-refractivity contribution < 1.29 is 28.6 Å². The summed E-state index contributed by atoms with van der Waals surface area (Å²) in [7, 11) is 1.61. The zero-order valence-electron chi connectivity index (χ0n) is 18.4. The SMILES string of the molecule is COCCOCCOCC(=O)N1CCC(c2nc(C(=O)Nc3nc[nH]c3C(N)=O)cs2)CC1. The van der Waals surface area contributed by atoms with Gasteiger partial charge in [0.25, 0.3) is 11.8 Å². The van der Waals surface area contributed by atoms with Crippen LogP contribution in [0, 0.1) is 0 Å². The van der Waals surface area contributed by atoms with Crippen LogP contribution >= 0.6 is 11.3 Å². The van der Waals surface area contributed by atoms with Crippen LogP contribution in [0.2, 0.25) is 0 Å². The first-order valence-corrected chi connectivity index (χ1v) is 11.4. The van der Waals surface area contributed by atoms with Crippen molar-refractivity contribution in [3.05, 3.63) is 28.1 Å². The van der Waals surface area contributed by atoms with Gasteiger partial charge in [0, 0.05) is 31.5 Å². The molecule has 12 nitrogen and oxygen atoms in total. The first kappa shape index (κ1) is 24.8. The van der Waals surface area contributed by atoms with E-state index in [0.29, 0.717) is 39.5 Å². The summed E-state index contributed by atoms with van der Waals surface area (Å²) in [6, 6.07) is 0. The number of aromatic nitrogens is 3. The van der Waals surface area contributed by atoms with Gasteiger partial charge in [0.2, 0.25) is 5.91 Å². The van der Waals surface area contributed by atoms with E-state index < -0.39 is 11.8 Å². The molecule has 3 heterocycles. The number of nitrogens with zero attached hydrogens (tertiary/aromatic N) is 3. The number of ether oxygens (including phenoxy) is 3. The fourth-order valence-corrected chi connectivity index (χ4v) is 4.29. The Morgan fingerprint density at radius 2 is 1.94 bits per heavy atom. The van der Waals surface area contributed by atoms with Crippen molar-refractivity contribution in [2.75, 3.05) is 58.6 Å². The third-order valence-corrected chi connectivity index (χ3v) is 6.11. The minimum absolute atomic E-state index is 0.0263. The van der Waals surface area contributed by atoms with Gasteiger partial charge >= 0.3 is 0 Å². The summed E-state index contributed by atoms with van der Waals surface area (Å²) < 4.78 is 15.6. The zero-order chi connectivity index (χ0) is 23.6. The lowest BCUT2D eigenvalue weighted by molar-refractivity contribution is -0.137. The molecule has 1 saturated heterocycles. The molecule has 3 rings (SSSR count). The predicted octanol–water partition coefficient (Wildman–Crippen LogP) is 0.603. The van der Waals surface area contributed by atoms with Crippen molar-refractivity contribution in [1.82, 2.24) is 19.9 Å². The minimum atomic E-state index is -0.719. The van der Waals surface area contributed by atoms with Crippen LogP contribution in [0.3, 0.4) is 0 Å². The molecule has 180 valence electrons. The number of anilines is 1. The van der Waals surface area contributed by atoms with Crippen LogP contribution in [0.25, 0.3) is 0 Å². The number of hydrogen-bond donors (Lipinski definition) is 3. The van der Waals surface area contributed by atoms with Crippen molar-refractivity contribution in [3.8, 4) is 0 Å². The number of thiazole rings is 1. The first-order valence-electron chi connectivity index (χ1n) is 10.5. The summed E-state index contributed by atoms with van der Waals surface area (Å²) in [5, 5.41) is 5.05. The Balaban J connectivity index is 1.41. The monoisotopic (exact) mass is 480 g/mol. The summed E-state index contributed by atoms with van der Waals surface area (Å²) in [4.78, 5) is 48.9. The van der Waals surface area contributed by atoms with Crippen molar-refractivity contribution in [2.45, 2.75) is 18.8 Å². The summed E-state index contributed by atoms with van der Waals surface area (Å²) in [6.07, 6.45) is 2.79. The lowest BCUT2D eigenvalue weighted by atomic mass is 9.97. The van der Waals surface area contributed by atoms with E-state index in [9.17, 15) is 14.4 Å². The molecule has 3 amide bonds. The number of nitrogens with two attached hydrogens (primary N) is 1. The topological polar surface area (TPSA) is 162 Å². The van der Waals surface area contributed by atoms with Gasteiger partial charge in [0.05, 0.1) is 37.8 Å². The van der Waals surface area contributed by atoms with E-state index in [0.717, 1.165) is 17.8 Å². The highest BCUT2D eigenvalue weighted by Crippen LogP contribution is 2.30. The molecule has 0 bridgehead atoms. The van der Waals surface area contributed by atoms with E-state index in [4.69, 9.17) is 19.9 Å². The van der Waals surface area contributed by atoms with E-state index in [1.165, 1.54) is 17.7 Å². The van der Waals surface area contributed by atoms with Gasteiger partial charge < -0.3 is 35.1 Å². The Bertz CT molecular complexity index is 939. The van der Waals surface area contributed by atoms with Crippen LogP contribution in [-0.4, -0.2) is 90.8 Å². The number of primary amides is 1. The highest BCUT2D eigenvalue weighted by molar-refractivity contribution is 7.10. The van der Waals surface area contributed by atoms with Crippen LogP contribution in [0.1, 0.15) is 44.7 Å². The van der Waals surface area contributed by atoms with Gasteiger partial charge in [-0.3, -0.25) is 14.4 Å². The van der Waals surface area contributed by atoms with E-state index in [1.807, 2.05) is 0 Å². The maximum atomic E-state index is 12.5. The Labute approximate surface area is 194 Å². The Morgan fingerprint density at radius 3 is 2.67 bits per heavy atom. The van der Waals surface area contributed by atoms with Crippen molar-refractivity contribution in [1.29, 1.82) is 0 Å². The number of imidazole rings is 1. The van der Waals surface area contributed by atoms with Crippen LogP contribution < -0.4 is 11.1 Å². The van der Waals surface area contributed by atoms with E-state index >= 15 is 0 Å². The smallest absolute Gasteiger partial charge is 0.276 e. The quantitative estimate of drug-likeness (QED) is 0.372. The number of carbonyl (C=O) groups is 3. The molecular formula is C20H28N6O6S. The molecule has 0 aliphatic carbocycles. The minimum Gasteiger partial charge on any atom is -0.382 e. The molecule has 1 aliphatic rings. The van der Waals surface area contributed by atoms with Crippen molar-refractivity contribution >= 4 is 34.9 Å². The molecule has 1 fully saturated rings. The van der Waals surface area contributed by atoms with E-state index in [2.05, 4.69) is 20.3 Å². The molecule has 0 unspecified atom stereocenters. The standard InChI is InChI=1S/C20H28N6O6S/c1-30-6-7-31-8-9-32-10-15(27)26-4-2-13(3-5-26)20-24-14(11-33-20)19(29)25-18-16(17(21)28)22-12-23-18/h11-13H,2-10H2,1H3,(H2,21,28)(H,22,23)(H,25,29). The van der Waals surface area contributed by atoms with E-state index in [-0.39, 0.29) is 35.6 Å². The van der Waals surface area contributed by atoms with Crippen molar-refractivity contribution in [2.24, 2.45) is 5.73 Å². The van der Waals surface area contributed by atoms with Gasteiger partial charge in [-0.25, -0.2) is 9.97 Å². The maximum absolute atomic E-state index is 12.5. The molecule has 4 N–H and O–H groups in total. The number of piperidine rings is 1. The third-order valence-electron chi connectivity index (χ3n) is 5.10. The number of hydrogen-bond acceptors (Lipinski definition) is 9. The van der Waals surface area contributed by atoms with Crippen LogP contribution in [0.5, 0.6) is 0 Å². The van der Waals surface area contributed by atoms with Crippen molar-refractivity contribution in [3.63, 3.8) is 0 Å². The average Bonchev–Trinajstić information content (AvgIpc) is 3.48. The zero-order valence-corrected chi connectivity index (χ0v) is 19.2. The fourth-order valence-electron chi connectivity index (χ4n) is 3.32. The molecule has 33 heavy (non-hydrogen) atoms. The summed E-state index contributed by atoms with van der Waals surface area (Å²) >= 11 is 1.40. The molecule has 0 atom stereocenters. The Kier molecular flexibility index (Phi) is 9.30. The summed E-state index contributed by atoms with van der Waals surface area (Å²) in [5.41, 5.74) is 5.51. The molecule has 2 aromatic heterocycles. The number of carbonyl (C=O) groups excluding carboxylic acids is 3. The lowest BCUT2D eigenvalue weighted by Gasteiger charge is -2.31. The average molecular weight is 481 g/mol. The normalized spacial score (nSPS) is 14.4. The second kappa shape index (κ2) is 12.4. The highest BCUT2D eigenvalue weighted by atomic mass is 32.1. The highest BCUT2D eigenvalue weighted by Gasteiger charge is 2.26. The van der Waals surface area contributed by atoms with Crippen LogP contribution in [0.15, 0.2) is 11.7 Å². The lowest BCUT2D eigenvalue weighted by Crippen LogP contribution is -2.40. The number of aromatic amines is 1. The summed E-state index contributed by atoms with van der Waals surface area (Å²) in [5.74, 6) is -0.999. The molecule has 0 spiro atoms. The Hall–Kier alpha value is -2.87. The molecule has 13 heteroatoms. The number of nitrogens with one attached hydrogen (secondary N) is 2. The maximum Gasteiger partial charge on any atom is 0.276 e.